The highest BCUT2D eigenvalue weighted by molar-refractivity contribution is 9.10. The summed E-state index contributed by atoms with van der Waals surface area (Å²) in [6.45, 7) is 6.73. The smallest absolute Gasteiger partial charge is 0.131 e. The van der Waals surface area contributed by atoms with Gasteiger partial charge in [-0.2, -0.15) is 0 Å². The maximum absolute atomic E-state index is 6.04. The number of fused-ring (bicyclic) bond motifs is 1. The van der Waals surface area contributed by atoms with Gasteiger partial charge in [-0.05, 0) is 56.2 Å². The van der Waals surface area contributed by atoms with Crippen molar-refractivity contribution in [3.63, 3.8) is 0 Å². The van der Waals surface area contributed by atoms with Crippen molar-refractivity contribution in [1.82, 2.24) is 0 Å². The van der Waals surface area contributed by atoms with Gasteiger partial charge in [-0.1, -0.05) is 34.1 Å². The van der Waals surface area contributed by atoms with Gasteiger partial charge in [0.2, 0.25) is 0 Å². The first kappa shape index (κ1) is 15.2. The summed E-state index contributed by atoms with van der Waals surface area (Å²) < 4.78 is 13.0. The van der Waals surface area contributed by atoms with Crippen LogP contribution in [0.4, 0.5) is 0 Å². The van der Waals surface area contributed by atoms with Crippen LogP contribution in [-0.4, -0.2) is 5.60 Å². The van der Waals surface area contributed by atoms with Gasteiger partial charge in [0.15, 0.2) is 0 Å². The maximum atomic E-state index is 6.04. The van der Waals surface area contributed by atoms with Gasteiger partial charge in [-0.15, -0.1) is 0 Å². The van der Waals surface area contributed by atoms with Gasteiger partial charge in [0, 0.05) is 16.1 Å². The number of hydrogen-bond donors (Lipinski definition) is 0. The van der Waals surface area contributed by atoms with E-state index in [0.29, 0.717) is 6.61 Å². The zero-order valence-corrected chi connectivity index (χ0v) is 14.6. The number of halogens is 1. The van der Waals surface area contributed by atoms with Crippen molar-refractivity contribution in [3.05, 3.63) is 63.6 Å². The number of hydrogen-bond acceptors (Lipinski definition) is 2. The number of aryl methyl sites for hydroxylation is 1. The molecule has 1 aliphatic heterocycles. The van der Waals surface area contributed by atoms with E-state index in [9.17, 15) is 0 Å². The van der Waals surface area contributed by atoms with Crippen molar-refractivity contribution in [3.8, 4) is 11.5 Å². The molecule has 1 aliphatic rings. The zero-order chi connectivity index (χ0) is 15.7. The number of rotatable bonds is 3. The molecule has 1 heterocycles. The molecule has 0 saturated carbocycles. The average molecular weight is 359 g/mol. The lowest BCUT2D eigenvalue weighted by Crippen LogP contribution is -2.27. The predicted molar refractivity (Wildman–Crippen MR) is 93.4 cm³/mol. The lowest BCUT2D eigenvalue weighted by Gasteiger charge is -2.29. The van der Waals surface area contributed by atoms with Crippen molar-refractivity contribution >= 4 is 22.0 Å². The first-order valence-electron chi connectivity index (χ1n) is 7.33. The third kappa shape index (κ3) is 3.36. The average Bonchev–Trinajstić information content (AvgIpc) is 2.45. The fourth-order valence-electron chi connectivity index (χ4n) is 2.46. The van der Waals surface area contributed by atoms with E-state index >= 15 is 0 Å². The Morgan fingerprint density at radius 3 is 2.59 bits per heavy atom. The summed E-state index contributed by atoms with van der Waals surface area (Å²) in [5.41, 5.74) is 3.16. The lowest BCUT2D eigenvalue weighted by molar-refractivity contribution is 0.158. The Hall–Kier alpha value is -1.74. The van der Waals surface area contributed by atoms with Crippen LogP contribution < -0.4 is 9.47 Å². The Labute approximate surface area is 139 Å². The Balaban J connectivity index is 1.79. The van der Waals surface area contributed by atoms with E-state index in [-0.39, 0.29) is 5.60 Å². The molecule has 3 rings (SSSR count). The molecule has 0 atom stereocenters. The van der Waals surface area contributed by atoms with Crippen molar-refractivity contribution in [1.29, 1.82) is 0 Å². The van der Waals surface area contributed by atoms with E-state index in [1.54, 1.807) is 0 Å². The molecule has 22 heavy (non-hydrogen) atoms. The minimum atomic E-state index is -0.274. The molecule has 0 fully saturated rings. The van der Waals surface area contributed by atoms with Gasteiger partial charge >= 0.3 is 0 Å². The standard InChI is InChI=1S/C19H19BrO2/c1-13-10-16(21-12-14-4-6-15(20)7-5-14)11-18-17(13)8-9-19(2,3)22-18/h4-11H,12H2,1-3H3. The van der Waals surface area contributed by atoms with Crippen LogP contribution in [0.25, 0.3) is 6.08 Å². The summed E-state index contributed by atoms with van der Waals surface area (Å²) in [7, 11) is 0. The second-order valence-electron chi connectivity index (χ2n) is 6.11. The minimum absolute atomic E-state index is 0.274. The minimum Gasteiger partial charge on any atom is -0.489 e. The summed E-state index contributed by atoms with van der Waals surface area (Å²) in [6, 6.07) is 12.2. The Morgan fingerprint density at radius 1 is 1.14 bits per heavy atom. The van der Waals surface area contributed by atoms with E-state index in [0.717, 1.165) is 32.7 Å². The fourth-order valence-corrected chi connectivity index (χ4v) is 2.73. The first-order valence-corrected chi connectivity index (χ1v) is 8.12. The molecule has 3 heteroatoms. The summed E-state index contributed by atoms with van der Waals surface area (Å²) in [6.07, 6.45) is 4.22. The normalized spacial score (nSPS) is 15.1. The Kier molecular flexibility index (Phi) is 4.00. The van der Waals surface area contributed by atoms with Crippen LogP contribution in [0, 0.1) is 6.92 Å². The summed E-state index contributed by atoms with van der Waals surface area (Å²) in [5.74, 6) is 1.73. The third-order valence-electron chi connectivity index (χ3n) is 3.67. The Bertz CT molecular complexity index is 715. The molecule has 0 unspecified atom stereocenters. The number of ether oxygens (including phenoxy) is 2. The molecule has 0 spiro atoms. The first-order chi connectivity index (χ1) is 10.4. The predicted octanol–water partition coefficient (Wildman–Crippen LogP) is 5.52. The largest absolute Gasteiger partial charge is 0.489 e. The van der Waals surface area contributed by atoms with Crippen LogP contribution in [-0.2, 0) is 6.61 Å². The maximum Gasteiger partial charge on any atom is 0.131 e. The topological polar surface area (TPSA) is 18.5 Å². The highest BCUT2D eigenvalue weighted by Crippen LogP contribution is 2.36. The highest BCUT2D eigenvalue weighted by Gasteiger charge is 2.23. The van der Waals surface area contributed by atoms with Gasteiger partial charge in [0.25, 0.3) is 0 Å². The highest BCUT2D eigenvalue weighted by atomic mass is 79.9. The van der Waals surface area contributed by atoms with Crippen molar-refractivity contribution in [2.75, 3.05) is 0 Å². The second-order valence-corrected chi connectivity index (χ2v) is 7.02. The number of benzene rings is 2. The van der Waals surface area contributed by atoms with Crippen molar-refractivity contribution in [2.24, 2.45) is 0 Å². The van der Waals surface area contributed by atoms with Crippen LogP contribution in [0.2, 0.25) is 0 Å². The molecule has 2 nitrogen and oxygen atoms in total. The molecular weight excluding hydrogens is 340 g/mol. The van der Waals surface area contributed by atoms with Crippen molar-refractivity contribution < 1.29 is 9.47 Å². The molecule has 0 N–H and O–H groups in total. The van der Waals surface area contributed by atoms with Crippen molar-refractivity contribution in [2.45, 2.75) is 33.0 Å². The molecule has 0 saturated heterocycles. The molecule has 0 aromatic heterocycles. The summed E-state index contributed by atoms with van der Waals surface area (Å²) >= 11 is 3.44. The fraction of sp³-hybridized carbons (Fsp3) is 0.263. The lowest BCUT2D eigenvalue weighted by atomic mass is 9.99. The zero-order valence-electron chi connectivity index (χ0n) is 13.0. The van der Waals surface area contributed by atoms with E-state index in [2.05, 4.69) is 67.1 Å². The van der Waals surface area contributed by atoms with Crippen LogP contribution in [0.1, 0.15) is 30.5 Å². The molecule has 0 bridgehead atoms. The van der Waals surface area contributed by atoms with E-state index in [4.69, 9.17) is 9.47 Å². The van der Waals surface area contributed by atoms with E-state index in [1.807, 2.05) is 18.2 Å². The molecule has 2 aromatic rings. The third-order valence-corrected chi connectivity index (χ3v) is 4.19. The Morgan fingerprint density at radius 2 is 1.86 bits per heavy atom. The quantitative estimate of drug-likeness (QED) is 0.718. The molecule has 0 amide bonds. The van der Waals surface area contributed by atoms with Crippen LogP contribution in [0.3, 0.4) is 0 Å². The van der Waals surface area contributed by atoms with Crippen LogP contribution >= 0.6 is 15.9 Å². The van der Waals surface area contributed by atoms with E-state index < -0.39 is 0 Å². The van der Waals surface area contributed by atoms with Crippen LogP contribution in [0.5, 0.6) is 11.5 Å². The van der Waals surface area contributed by atoms with Gasteiger partial charge in [0.05, 0.1) is 0 Å². The van der Waals surface area contributed by atoms with Gasteiger partial charge in [0.1, 0.15) is 23.7 Å². The van der Waals surface area contributed by atoms with Crippen LogP contribution in [0.15, 0.2) is 46.9 Å². The van der Waals surface area contributed by atoms with E-state index in [1.165, 1.54) is 0 Å². The molecule has 2 aromatic carbocycles. The molecule has 0 radical (unpaired) electrons. The summed E-state index contributed by atoms with van der Waals surface area (Å²) in [5, 5.41) is 0. The molecule has 114 valence electrons. The van der Waals surface area contributed by atoms with Gasteiger partial charge in [-0.25, -0.2) is 0 Å². The molecular formula is C19H19BrO2. The monoisotopic (exact) mass is 358 g/mol. The van der Waals surface area contributed by atoms with Gasteiger partial charge in [-0.3, -0.25) is 0 Å². The second kappa shape index (κ2) is 5.81. The van der Waals surface area contributed by atoms with Gasteiger partial charge < -0.3 is 9.47 Å². The SMILES string of the molecule is Cc1cc(OCc2ccc(Br)cc2)cc2c1C=CC(C)(C)O2. The summed E-state index contributed by atoms with van der Waals surface area (Å²) in [4.78, 5) is 0. The molecule has 0 aliphatic carbocycles.